The van der Waals surface area contributed by atoms with Crippen LogP contribution in [0.1, 0.15) is 52.2 Å². The van der Waals surface area contributed by atoms with E-state index in [0.29, 0.717) is 18.7 Å². The molecule has 3 N–H and O–H groups in total. The van der Waals surface area contributed by atoms with E-state index in [1.165, 1.54) is 17.0 Å². The number of nitrogens with zero attached hydrogens (tertiary/aromatic N) is 2. The number of rotatable bonds is 5. The number of ketones is 1. The highest BCUT2D eigenvalue weighted by Gasteiger charge is 2.41. The van der Waals surface area contributed by atoms with Crippen molar-refractivity contribution in [2.75, 3.05) is 4.90 Å². The molecule has 0 unspecified atom stereocenters. The number of benzene rings is 1. The predicted octanol–water partition coefficient (Wildman–Crippen LogP) is 3.11. The minimum atomic E-state index is -0.900. The van der Waals surface area contributed by atoms with Gasteiger partial charge in [-0.15, -0.1) is 0 Å². The largest absolute Gasteiger partial charge is 0.393 e. The number of halogens is 3. The molecule has 0 spiro atoms. The van der Waals surface area contributed by atoms with Gasteiger partial charge < -0.3 is 20.3 Å². The van der Waals surface area contributed by atoms with Crippen molar-refractivity contribution in [3.05, 3.63) is 51.0 Å². The molecule has 7 nitrogen and oxygen atoms in total. The van der Waals surface area contributed by atoms with Gasteiger partial charge in [0, 0.05) is 24.0 Å². The molecule has 0 saturated heterocycles. The number of aliphatic hydroxyl groups excluding tert-OH is 1. The number of fused-ring (bicyclic) bond motifs is 1. The van der Waals surface area contributed by atoms with E-state index in [0.717, 1.165) is 18.9 Å². The molecule has 31 heavy (non-hydrogen) atoms. The summed E-state index contributed by atoms with van der Waals surface area (Å²) in [6.07, 6.45) is 2.02. The summed E-state index contributed by atoms with van der Waals surface area (Å²) in [6.45, 7) is 0.432. The Balaban J connectivity index is 1.77. The van der Waals surface area contributed by atoms with Gasteiger partial charge in [0.1, 0.15) is 11.5 Å². The topological polar surface area (TPSA) is 106 Å². The van der Waals surface area contributed by atoms with E-state index < -0.39 is 35.6 Å². The van der Waals surface area contributed by atoms with E-state index in [4.69, 9.17) is 28.9 Å². The van der Waals surface area contributed by atoms with Crippen LogP contribution in [-0.4, -0.2) is 39.4 Å². The molecule has 1 aliphatic carbocycles. The highest BCUT2D eigenvalue weighted by atomic mass is 35.5. The monoisotopic (exact) mass is 467 g/mol. The molecule has 2 heterocycles. The lowest BCUT2D eigenvalue weighted by molar-refractivity contribution is -0.116. The van der Waals surface area contributed by atoms with Crippen molar-refractivity contribution in [1.82, 2.24) is 4.57 Å². The molecule has 10 heteroatoms. The van der Waals surface area contributed by atoms with Gasteiger partial charge in [-0.3, -0.25) is 14.4 Å². The van der Waals surface area contributed by atoms with E-state index in [9.17, 15) is 23.9 Å². The van der Waals surface area contributed by atoms with Gasteiger partial charge in [0.15, 0.2) is 0 Å². The first-order chi connectivity index (χ1) is 14.7. The van der Waals surface area contributed by atoms with Gasteiger partial charge in [-0.1, -0.05) is 23.2 Å². The third-order valence-electron chi connectivity index (χ3n) is 5.87. The smallest absolute Gasteiger partial charge is 0.301 e. The third-order valence-corrected chi connectivity index (χ3v) is 6.52. The molecule has 1 aliphatic heterocycles. The number of carbonyl (C=O) groups excluding carboxylic acids is 3. The lowest BCUT2D eigenvalue weighted by Gasteiger charge is -2.40. The lowest BCUT2D eigenvalue weighted by atomic mass is 9.87. The maximum absolute atomic E-state index is 13.7. The van der Waals surface area contributed by atoms with Crippen molar-refractivity contribution in [3.63, 3.8) is 0 Å². The number of nitrogens with two attached hydrogens (primary N) is 1. The lowest BCUT2D eigenvalue weighted by Crippen LogP contribution is -2.52. The number of aromatic nitrogens is 1. The second kappa shape index (κ2) is 8.26. The Bertz CT molecular complexity index is 1090. The van der Waals surface area contributed by atoms with Crippen molar-refractivity contribution >= 4 is 46.5 Å². The second-order valence-corrected chi connectivity index (χ2v) is 8.62. The summed E-state index contributed by atoms with van der Waals surface area (Å²) in [7, 11) is 0. The Labute approximate surface area is 187 Å². The Morgan fingerprint density at radius 1 is 1.19 bits per heavy atom. The van der Waals surface area contributed by atoms with Crippen LogP contribution in [0.4, 0.5) is 10.1 Å². The average molecular weight is 468 g/mol. The first-order valence-electron chi connectivity index (χ1n) is 9.92. The predicted molar refractivity (Wildman–Crippen MR) is 113 cm³/mol. The van der Waals surface area contributed by atoms with Crippen LogP contribution < -0.4 is 10.6 Å². The van der Waals surface area contributed by atoms with Gasteiger partial charge in [0.2, 0.25) is 0 Å². The standard InChI is InChI=1S/C21H20Cl2FN3O4/c22-13-9-10(4-5-14(13)24)27(11-7-12(28)8-11)21(31)19(29)18-17(23)16(20(25)30)15-3-1-2-6-26(15)18/h4-5,9,11-12,28H,1-3,6-8H2,(H2,25,30). The molecule has 1 fully saturated rings. The average Bonchev–Trinajstić information content (AvgIpc) is 3.00. The minimum Gasteiger partial charge on any atom is -0.393 e. The van der Waals surface area contributed by atoms with E-state index >= 15 is 0 Å². The van der Waals surface area contributed by atoms with Crippen molar-refractivity contribution in [2.45, 2.75) is 50.8 Å². The molecule has 0 bridgehead atoms. The SMILES string of the molecule is NC(=O)c1c(Cl)c(C(=O)C(=O)N(c2ccc(F)c(Cl)c2)C2CC(O)C2)n2c1CCCC2. The fourth-order valence-electron chi connectivity index (χ4n) is 4.28. The summed E-state index contributed by atoms with van der Waals surface area (Å²) >= 11 is 12.3. The van der Waals surface area contributed by atoms with Crippen molar-refractivity contribution < 1.29 is 23.9 Å². The Morgan fingerprint density at radius 3 is 2.52 bits per heavy atom. The van der Waals surface area contributed by atoms with Crippen LogP contribution >= 0.6 is 23.2 Å². The molecule has 2 amide bonds. The Morgan fingerprint density at radius 2 is 1.90 bits per heavy atom. The third kappa shape index (κ3) is 3.73. The van der Waals surface area contributed by atoms with E-state index in [1.807, 2.05) is 0 Å². The molecule has 0 atom stereocenters. The van der Waals surface area contributed by atoms with Gasteiger partial charge in [-0.2, -0.15) is 0 Å². The normalized spacial score (nSPS) is 20.0. The molecule has 4 rings (SSSR count). The van der Waals surface area contributed by atoms with Gasteiger partial charge in [-0.25, -0.2) is 4.39 Å². The quantitative estimate of drug-likeness (QED) is 0.520. The zero-order valence-corrected chi connectivity index (χ0v) is 17.9. The molecule has 1 saturated carbocycles. The molecule has 1 aromatic carbocycles. The van der Waals surface area contributed by atoms with Crippen LogP contribution in [0.5, 0.6) is 0 Å². The summed E-state index contributed by atoms with van der Waals surface area (Å²) in [4.78, 5) is 39.9. The molecular formula is C21H20Cl2FN3O4. The van der Waals surface area contributed by atoms with Crippen molar-refractivity contribution in [1.29, 1.82) is 0 Å². The number of hydrogen-bond donors (Lipinski definition) is 2. The maximum atomic E-state index is 13.7. The number of hydrogen-bond acceptors (Lipinski definition) is 4. The number of carbonyl (C=O) groups is 3. The van der Waals surface area contributed by atoms with Crippen LogP contribution in [0, 0.1) is 5.82 Å². The van der Waals surface area contributed by atoms with Crippen LogP contribution in [0.2, 0.25) is 10.0 Å². The number of anilines is 1. The molecule has 0 radical (unpaired) electrons. The summed E-state index contributed by atoms with van der Waals surface area (Å²) in [5, 5.41) is 9.40. The van der Waals surface area contributed by atoms with E-state index in [2.05, 4.69) is 0 Å². The van der Waals surface area contributed by atoms with E-state index in [-0.39, 0.29) is 39.8 Å². The van der Waals surface area contributed by atoms with Gasteiger partial charge in [0.25, 0.3) is 11.7 Å². The summed E-state index contributed by atoms with van der Waals surface area (Å²) in [6, 6.07) is 3.26. The van der Waals surface area contributed by atoms with Crippen molar-refractivity contribution in [3.8, 4) is 0 Å². The Hall–Kier alpha value is -2.42. The number of Topliss-reactive ketones (excluding diaryl/α,β-unsaturated/α-hetero) is 1. The van der Waals surface area contributed by atoms with Crippen LogP contribution in [-0.2, 0) is 17.8 Å². The summed E-state index contributed by atoms with van der Waals surface area (Å²) < 4.78 is 15.3. The number of aliphatic hydroxyl groups is 1. The van der Waals surface area contributed by atoms with Gasteiger partial charge in [0.05, 0.1) is 21.7 Å². The molecule has 2 aliphatic rings. The van der Waals surface area contributed by atoms with Crippen molar-refractivity contribution in [2.24, 2.45) is 5.73 Å². The molecule has 164 valence electrons. The zero-order valence-electron chi connectivity index (χ0n) is 16.4. The van der Waals surface area contributed by atoms with Crippen LogP contribution in [0.15, 0.2) is 18.2 Å². The van der Waals surface area contributed by atoms with E-state index in [1.54, 1.807) is 4.57 Å². The summed E-state index contributed by atoms with van der Waals surface area (Å²) in [5.41, 5.74) is 6.26. The fraction of sp³-hybridized carbons (Fsp3) is 0.381. The van der Waals surface area contributed by atoms with Gasteiger partial charge in [-0.05, 0) is 50.3 Å². The maximum Gasteiger partial charge on any atom is 0.301 e. The zero-order chi connectivity index (χ0) is 22.4. The van der Waals surface area contributed by atoms with Crippen LogP contribution in [0.3, 0.4) is 0 Å². The number of amides is 2. The van der Waals surface area contributed by atoms with Crippen LogP contribution in [0.25, 0.3) is 0 Å². The highest BCUT2D eigenvalue weighted by molar-refractivity contribution is 6.50. The number of primary amides is 1. The molecule has 1 aromatic heterocycles. The fourth-order valence-corrected chi connectivity index (χ4v) is 4.85. The molecule has 2 aromatic rings. The Kier molecular flexibility index (Phi) is 5.81. The minimum absolute atomic E-state index is 0.0629. The molecular weight excluding hydrogens is 448 g/mol. The first-order valence-corrected chi connectivity index (χ1v) is 10.7. The highest BCUT2D eigenvalue weighted by Crippen LogP contribution is 2.36. The van der Waals surface area contributed by atoms with Gasteiger partial charge >= 0.3 is 5.91 Å². The summed E-state index contributed by atoms with van der Waals surface area (Å²) in [5.74, 6) is -3.22. The first kappa shape index (κ1) is 21.8. The second-order valence-electron chi connectivity index (χ2n) is 7.84.